The number of rotatable bonds is 5. The first-order chi connectivity index (χ1) is 9.16. The molecule has 0 aliphatic carbocycles. The molecule has 4 nitrogen and oxygen atoms in total. The van der Waals surface area contributed by atoms with Crippen molar-refractivity contribution < 1.29 is 4.79 Å². The molecule has 0 saturated carbocycles. The first kappa shape index (κ1) is 14.0. The summed E-state index contributed by atoms with van der Waals surface area (Å²) in [4.78, 5) is 12.1. The predicted octanol–water partition coefficient (Wildman–Crippen LogP) is 0.815. The number of hydrogen-bond acceptors (Lipinski definition) is 3. The van der Waals surface area contributed by atoms with E-state index in [1.807, 2.05) is 12.1 Å². The van der Waals surface area contributed by atoms with E-state index in [1.165, 1.54) is 11.1 Å². The van der Waals surface area contributed by atoms with E-state index in [0.29, 0.717) is 12.6 Å². The second-order valence-electron chi connectivity index (χ2n) is 5.31. The van der Waals surface area contributed by atoms with E-state index >= 15 is 0 Å². The third kappa shape index (κ3) is 4.04. The average Bonchev–Trinajstić information content (AvgIpc) is 2.42. The summed E-state index contributed by atoms with van der Waals surface area (Å²) in [5.74, 6) is 0.0973. The number of nitrogens with one attached hydrogen (secondary N) is 3. The maximum Gasteiger partial charge on any atom is 0.237 e. The van der Waals surface area contributed by atoms with Crippen molar-refractivity contribution in [3.8, 4) is 0 Å². The summed E-state index contributed by atoms with van der Waals surface area (Å²) in [6.07, 6.45) is 0.777. The molecule has 1 aromatic rings. The van der Waals surface area contributed by atoms with Gasteiger partial charge in [0.15, 0.2) is 0 Å². The van der Waals surface area contributed by atoms with Crippen molar-refractivity contribution in [3.05, 3.63) is 35.4 Å². The molecule has 0 unspecified atom stereocenters. The van der Waals surface area contributed by atoms with Crippen LogP contribution in [0.3, 0.4) is 0 Å². The second-order valence-corrected chi connectivity index (χ2v) is 5.31. The standard InChI is InChI=1S/C15H23N3O/c1-11(2)16-7-8-17-15(19)14-9-12-5-3-4-6-13(12)10-18-14/h3-6,11,14,16,18H,7-10H2,1-2H3,(H,17,19)/t14-/m1/s1. The summed E-state index contributed by atoms with van der Waals surface area (Å²) in [5, 5.41) is 9.55. The monoisotopic (exact) mass is 261 g/mol. The Kier molecular flexibility index (Phi) is 4.93. The van der Waals surface area contributed by atoms with Gasteiger partial charge in [0.25, 0.3) is 0 Å². The highest BCUT2D eigenvalue weighted by molar-refractivity contribution is 5.82. The van der Waals surface area contributed by atoms with Crippen LogP contribution in [0.15, 0.2) is 24.3 Å². The van der Waals surface area contributed by atoms with Gasteiger partial charge in [-0.2, -0.15) is 0 Å². The molecule has 4 heteroatoms. The maximum atomic E-state index is 12.1. The van der Waals surface area contributed by atoms with Crippen molar-refractivity contribution in [3.63, 3.8) is 0 Å². The van der Waals surface area contributed by atoms with Gasteiger partial charge in [-0.15, -0.1) is 0 Å². The predicted molar refractivity (Wildman–Crippen MR) is 76.9 cm³/mol. The number of fused-ring (bicyclic) bond motifs is 1. The Morgan fingerprint density at radius 3 is 2.79 bits per heavy atom. The molecule has 1 atom stereocenters. The highest BCUT2D eigenvalue weighted by Gasteiger charge is 2.23. The van der Waals surface area contributed by atoms with Crippen LogP contribution in [0.5, 0.6) is 0 Å². The number of amides is 1. The van der Waals surface area contributed by atoms with Crippen LogP contribution < -0.4 is 16.0 Å². The van der Waals surface area contributed by atoms with Gasteiger partial charge in [0.2, 0.25) is 5.91 Å². The van der Waals surface area contributed by atoms with Crippen molar-refractivity contribution >= 4 is 5.91 Å². The summed E-state index contributed by atoms with van der Waals surface area (Å²) in [6.45, 7) is 6.46. The number of hydrogen-bond donors (Lipinski definition) is 3. The summed E-state index contributed by atoms with van der Waals surface area (Å²) >= 11 is 0. The lowest BCUT2D eigenvalue weighted by molar-refractivity contribution is -0.123. The Labute approximate surface area is 115 Å². The SMILES string of the molecule is CC(C)NCCNC(=O)[C@H]1Cc2ccccc2CN1. The highest BCUT2D eigenvalue weighted by Crippen LogP contribution is 2.16. The van der Waals surface area contributed by atoms with E-state index < -0.39 is 0 Å². The van der Waals surface area contributed by atoms with Gasteiger partial charge in [-0.25, -0.2) is 0 Å². The third-order valence-corrected chi connectivity index (χ3v) is 3.37. The van der Waals surface area contributed by atoms with Gasteiger partial charge >= 0.3 is 0 Å². The Morgan fingerprint density at radius 2 is 2.05 bits per heavy atom. The van der Waals surface area contributed by atoms with Crippen LogP contribution in [0.1, 0.15) is 25.0 Å². The van der Waals surface area contributed by atoms with Gasteiger partial charge in [-0.05, 0) is 17.5 Å². The molecule has 3 N–H and O–H groups in total. The molecule has 0 aromatic heterocycles. The molecule has 1 aliphatic heterocycles. The Bertz CT molecular complexity index is 431. The highest BCUT2D eigenvalue weighted by atomic mass is 16.2. The van der Waals surface area contributed by atoms with Crippen LogP contribution in [0, 0.1) is 0 Å². The van der Waals surface area contributed by atoms with Crippen LogP contribution in [-0.4, -0.2) is 31.1 Å². The van der Waals surface area contributed by atoms with E-state index in [4.69, 9.17) is 0 Å². The number of carbonyl (C=O) groups excluding carboxylic acids is 1. The molecule has 0 bridgehead atoms. The summed E-state index contributed by atoms with van der Waals surface area (Å²) in [7, 11) is 0. The zero-order valence-corrected chi connectivity index (χ0v) is 11.7. The van der Waals surface area contributed by atoms with Crippen molar-refractivity contribution in [1.29, 1.82) is 0 Å². The molecule has 104 valence electrons. The quantitative estimate of drug-likeness (QED) is 0.688. The minimum absolute atomic E-state index is 0.0973. The van der Waals surface area contributed by atoms with E-state index in [0.717, 1.165) is 19.5 Å². The summed E-state index contributed by atoms with van der Waals surface area (Å²) < 4.78 is 0. The number of carbonyl (C=O) groups is 1. The fourth-order valence-electron chi connectivity index (χ4n) is 2.31. The molecule has 0 radical (unpaired) electrons. The van der Waals surface area contributed by atoms with E-state index in [1.54, 1.807) is 0 Å². The molecular formula is C15H23N3O. The number of benzene rings is 1. The lowest BCUT2D eigenvalue weighted by atomic mass is 9.95. The molecule has 1 aromatic carbocycles. The van der Waals surface area contributed by atoms with Gasteiger partial charge in [0.05, 0.1) is 6.04 Å². The Morgan fingerprint density at radius 1 is 1.32 bits per heavy atom. The van der Waals surface area contributed by atoms with Crippen LogP contribution in [0.25, 0.3) is 0 Å². The van der Waals surface area contributed by atoms with Crippen molar-refractivity contribution in [2.75, 3.05) is 13.1 Å². The van der Waals surface area contributed by atoms with Crippen molar-refractivity contribution in [1.82, 2.24) is 16.0 Å². The fourth-order valence-corrected chi connectivity index (χ4v) is 2.31. The molecule has 1 heterocycles. The smallest absolute Gasteiger partial charge is 0.237 e. The minimum Gasteiger partial charge on any atom is -0.353 e. The summed E-state index contributed by atoms with van der Waals surface area (Å²) in [6, 6.07) is 8.65. The fraction of sp³-hybridized carbons (Fsp3) is 0.533. The zero-order valence-electron chi connectivity index (χ0n) is 11.7. The molecule has 1 aliphatic rings. The largest absolute Gasteiger partial charge is 0.353 e. The van der Waals surface area contributed by atoms with Gasteiger partial charge in [0, 0.05) is 25.7 Å². The topological polar surface area (TPSA) is 53.2 Å². The molecule has 0 fully saturated rings. The summed E-state index contributed by atoms with van der Waals surface area (Å²) in [5.41, 5.74) is 2.58. The molecule has 2 rings (SSSR count). The third-order valence-electron chi connectivity index (χ3n) is 3.37. The molecule has 0 saturated heterocycles. The van der Waals surface area contributed by atoms with Crippen LogP contribution >= 0.6 is 0 Å². The second kappa shape index (κ2) is 6.68. The molecule has 19 heavy (non-hydrogen) atoms. The van der Waals surface area contributed by atoms with Crippen LogP contribution in [-0.2, 0) is 17.8 Å². The zero-order chi connectivity index (χ0) is 13.7. The van der Waals surface area contributed by atoms with E-state index in [-0.39, 0.29) is 11.9 Å². The molecule has 1 amide bonds. The van der Waals surface area contributed by atoms with Crippen molar-refractivity contribution in [2.45, 2.75) is 38.9 Å². The minimum atomic E-state index is -0.103. The van der Waals surface area contributed by atoms with Crippen LogP contribution in [0.2, 0.25) is 0 Å². The van der Waals surface area contributed by atoms with E-state index in [9.17, 15) is 4.79 Å². The first-order valence-corrected chi connectivity index (χ1v) is 6.98. The Hall–Kier alpha value is -1.39. The normalized spacial score (nSPS) is 18.2. The van der Waals surface area contributed by atoms with Gasteiger partial charge in [-0.1, -0.05) is 38.1 Å². The van der Waals surface area contributed by atoms with Gasteiger partial charge < -0.3 is 16.0 Å². The first-order valence-electron chi connectivity index (χ1n) is 6.98. The molecular weight excluding hydrogens is 238 g/mol. The lowest BCUT2D eigenvalue weighted by Crippen LogP contribution is -2.49. The molecule has 0 spiro atoms. The van der Waals surface area contributed by atoms with Crippen molar-refractivity contribution in [2.24, 2.45) is 0 Å². The van der Waals surface area contributed by atoms with Gasteiger partial charge in [-0.3, -0.25) is 4.79 Å². The van der Waals surface area contributed by atoms with E-state index in [2.05, 4.69) is 41.9 Å². The lowest BCUT2D eigenvalue weighted by Gasteiger charge is -2.25. The Balaban J connectivity index is 1.79. The van der Waals surface area contributed by atoms with Gasteiger partial charge in [0.1, 0.15) is 0 Å². The average molecular weight is 261 g/mol. The maximum absolute atomic E-state index is 12.1. The van der Waals surface area contributed by atoms with Crippen LogP contribution in [0.4, 0.5) is 0 Å².